The Morgan fingerprint density at radius 1 is 1.12 bits per heavy atom. The Kier molecular flexibility index (Phi) is 5.09. The molecule has 1 aromatic carbocycles. The van der Waals surface area contributed by atoms with Crippen molar-refractivity contribution in [2.75, 3.05) is 0 Å². The third kappa shape index (κ3) is 3.81. The summed E-state index contributed by atoms with van der Waals surface area (Å²) in [7, 11) is 0. The van der Waals surface area contributed by atoms with E-state index in [1.54, 1.807) is 24.4 Å². The summed E-state index contributed by atoms with van der Waals surface area (Å²) < 4.78 is 0. The van der Waals surface area contributed by atoms with Gasteiger partial charge in [0.15, 0.2) is 5.82 Å². The van der Waals surface area contributed by atoms with E-state index >= 15 is 0 Å². The third-order valence-electron chi connectivity index (χ3n) is 1.85. The number of nitrogens with zero attached hydrogens (tertiary/aromatic N) is 3. The fourth-order valence-corrected chi connectivity index (χ4v) is 1.10. The average Bonchev–Trinajstić information content (AvgIpc) is 2.29. The molecule has 0 radical (unpaired) electrons. The molecule has 0 spiro atoms. The molecule has 17 heavy (non-hydrogen) atoms. The monoisotopic (exact) mass is 237 g/mol. The van der Waals surface area contributed by atoms with Crippen LogP contribution in [0, 0.1) is 0 Å². The molecule has 0 saturated carbocycles. The number of rotatable bonds is 2. The van der Waals surface area contributed by atoms with Crippen LogP contribution in [0.25, 0.3) is 0 Å². The molecule has 0 atom stereocenters. The molecule has 1 heterocycles. The topological polar surface area (TPSA) is 80.9 Å². The van der Waals surface area contributed by atoms with Crippen LogP contribution in [0.5, 0.6) is 11.5 Å². The van der Waals surface area contributed by atoms with Gasteiger partial charge in [-0.25, -0.2) is 4.98 Å². The molecule has 0 aliphatic carbocycles. The second kappa shape index (κ2) is 6.34. The third-order valence-corrected chi connectivity index (χ3v) is 1.85. The summed E-state index contributed by atoms with van der Waals surface area (Å²) >= 11 is 0. The zero-order valence-corrected chi connectivity index (χ0v) is 11.2. The standard InChI is InChI=1S/C11H9N3O2.Na/c15-8-4-5-9(10(16)7-8)13-14-11-3-1-2-6-12-11;/h1-7,15-16H;/q;+1/p-1. The van der Waals surface area contributed by atoms with Gasteiger partial charge in [0.25, 0.3) is 0 Å². The Morgan fingerprint density at radius 2 is 1.94 bits per heavy atom. The van der Waals surface area contributed by atoms with Crippen LogP contribution < -0.4 is 34.7 Å². The first-order valence-corrected chi connectivity index (χ1v) is 4.58. The van der Waals surface area contributed by atoms with Gasteiger partial charge in [-0.1, -0.05) is 11.8 Å². The normalized spacial score (nSPS) is 10.1. The van der Waals surface area contributed by atoms with Crippen molar-refractivity contribution in [1.29, 1.82) is 0 Å². The van der Waals surface area contributed by atoms with E-state index in [1.807, 2.05) is 0 Å². The Morgan fingerprint density at radius 3 is 2.59 bits per heavy atom. The summed E-state index contributed by atoms with van der Waals surface area (Å²) in [4.78, 5) is 3.93. The smallest absolute Gasteiger partial charge is 0.871 e. The summed E-state index contributed by atoms with van der Waals surface area (Å²) in [6.07, 6.45) is 1.59. The molecule has 0 bridgehead atoms. The number of aromatic hydroxyl groups is 1. The van der Waals surface area contributed by atoms with Crippen LogP contribution in [-0.4, -0.2) is 10.1 Å². The van der Waals surface area contributed by atoms with E-state index in [2.05, 4.69) is 15.2 Å². The molecule has 0 unspecified atom stereocenters. The van der Waals surface area contributed by atoms with Crippen LogP contribution in [0.1, 0.15) is 0 Å². The summed E-state index contributed by atoms with van der Waals surface area (Å²) in [6, 6.07) is 9.09. The number of phenolic OH excluding ortho intramolecular Hbond substituents is 1. The Balaban J connectivity index is 0.00000144. The van der Waals surface area contributed by atoms with Gasteiger partial charge < -0.3 is 10.2 Å². The van der Waals surface area contributed by atoms with Crippen molar-refractivity contribution in [1.82, 2.24) is 4.98 Å². The van der Waals surface area contributed by atoms with Crippen molar-refractivity contribution in [2.45, 2.75) is 0 Å². The molecule has 0 amide bonds. The van der Waals surface area contributed by atoms with Crippen molar-refractivity contribution >= 4 is 11.5 Å². The summed E-state index contributed by atoms with van der Waals surface area (Å²) in [6.45, 7) is 0. The molecule has 6 heteroatoms. The van der Waals surface area contributed by atoms with Crippen molar-refractivity contribution < 1.29 is 39.8 Å². The summed E-state index contributed by atoms with van der Waals surface area (Å²) in [5.74, 6) is -0.0311. The first-order chi connectivity index (χ1) is 7.75. The molecule has 0 fully saturated rings. The maximum absolute atomic E-state index is 11.3. The fraction of sp³-hybridized carbons (Fsp3) is 0. The van der Waals surface area contributed by atoms with Gasteiger partial charge in [0.2, 0.25) is 0 Å². The zero-order chi connectivity index (χ0) is 11.4. The van der Waals surface area contributed by atoms with Gasteiger partial charge in [-0.3, -0.25) is 0 Å². The maximum Gasteiger partial charge on any atom is 1.00 e. The molecule has 2 rings (SSSR count). The van der Waals surface area contributed by atoms with Crippen LogP contribution in [0.3, 0.4) is 0 Å². The molecule has 1 N–H and O–H groups in total. The summed E-state index contributed by atoms with van der Waals surface area (Å²) in [5.41, 5.74) is 0.170. The first kappa shape index (κ1) is 13.6. The minimum absolute atomic E-state index is 0. The number of pyridine rings is 1. The number of phenols is 1. The van der Waals surface area contributed by atoms with Gasteiger partial charge in [0.1, 0.15) is 5.75 Å². The quantitative estimate of drug-likeness (QED) is 0.553. The van der Waals surface area contributed by atoms with Crippen molar-refractivity contribution in [2.24, 2.45) is 10.2 Å². The predicted molar refractivity (Wildman–Crippen MR) is 56.0 cm³/mol. The number of aromatic nitrogens is 1. The SMILES string of the molecule is [Na+].[O-]c1cc(O)ccc1N=Nc1ccccn1. The Bertz CT molecular complexity index is 517. The van der Waals surface area contributed by atoms with E-state index in [0.29, 0.717) is 5.82 Å². The minimum Gasteiger partial charge on any atom is -0.871 e. The molecule has 1 aromatic heterocycles. The predicted octanol–water partition coefficient (Wildman–Crippen LogP) is -0.720. The zero-order valence-electron chi connectivity index (χ0n) is 9.24. The molecular weight excluding hydrogens is 229 g/mol. The molecule has 0 aliphatic rings. The molecule has 0 aliphatic heterocycles. The number of hydrogen-bond donors (Lipinski definition) is 1. The molecule has 5 nitrogen and oxygen atoms in total. The van der Waals surface area contributed by atoms with Crippen molar-refractivity contribution in [3.05, 3.63) is 42.6 Å². The molecule has 2 aromatic rings. The number of benzene rings is 1. The second-order valence-corrected chi connectivity index (χ2v) is 3.04. The minimum atomic E-state index is -0.375. The van der Waals surface area contributed by atoms with Gasteiger partial charge in [-0.15, -0.1) is 10.2 Å². The second-order valence-electron chi connectivity index (χ2n) is 3.04. The van der Waals surface area contributed by atoms with Gasteiger partial charge in [0, 0.05) is 6.20 Å². The fourth-order valence-electron chi connectivity index (χ4n) is 1.10. The van der Waals surface area contributed by atoms with Crippen LogP contribution in [0.15, 0.2) is 52.8 Å². The van der Waals surface area contributed by atoms with E-state index < -0.39 is 0 Å². The molecular formula is C11H8N3NaO2. The van der Waals surface area contributed by atoms with E-state index in [0.717, 1.165) is 6.07 Å². The van der Waals surface area contributed by atoms with Gasteiger partial charge in [0.05, 0.1) is 5.69 Å². The van der Waals surface area contributed by atoms with Crippen LogP contribution in [0.2, 0.25) is 0 Å². The van der Waals surface area contributed by atoms with Crippen molar-refractivity contribution in [3.63, 3.8) is 0 Å². The largest absolute Gasteiger partial charge is 1.00 e. The van der Waals surface area contributed by atoms with Gasteiger partial charge >= 0.3 is 29.6 Å². The van der Waals surface area contributed by atoms with E-state index in [-0.39, 0.29) is 46.7 Å². The van der Waals surface area contributed by atoms with Crippen LogP contribution in [-0.2, 0) is 0 Å². The van der Waals surface area contributed by atoms with Crippen LogP contribution >= 0.6 is 0 Å². The van der Waals surface area contributed by atoms with E-state index in [1.165, 1.54) is 12.1 Å². The average molecular weight is 237 g/mol. The van der Waals surface area contributed by atoms with Gasteiger partial charge in [-0.2, -0.15) is 0 Å². The first-order valence-electron chi connectivity index (χ1n) is 4.58. The molecule has 0 saturated heterocycles. The van der Waals surface area contributed by atoms with Crippen LogP contribution in [0.4, 0.5) is 11.5 Å². The Hall–Kier alpha value is -1.43. The van der Waals surface area contributed by atoms with E-state index in [4.69, 9.17) is 5.11 Å². The number of hydrogen-bond acceptors (Lipinski definition) is 5. The molecule has 80 valence electrons. The summed E-state index contributed by atoms with van der Waals surface area (Å²) in [5, 5.41) is 27.9. The van der Waals surface area contributed by atoms with Gasteiger partial charge in [-0.05, 0) is 30.3 Å². The Labute approximate surface area is 120 Å². The van der Waals surface area contributed by atoms with E-state index in [9.17, 15) is 5.11 Å². The van der Waals surface area contributed by atoms with Crippen molar-refractivity contribution in [3.8, 4) is 11.5 Å². The number of azo groups is 1. The maximum atomic E-state index is 11.3.